The zero-order valence-corrected chi connectivity index (χ0v) is 15.0. The number of ketones is 1. The number of aryl methyl sites for hydroxylation is 1. The summed E-state index contributed by atoms with van der Waals surface area (Å²) < 4.78 is 0. The van der Waals surface area contributed by atoms with E-state index in [4.69, 9.17) is 0 Å². The van der Waals surface area contributed by atoms with Gasteiger partial charge in [0.1, 0.15) is 5.82 Å². The van der Waals surface area contributed by atoms with E-state index < -0.39 is 0 Å². The topological polar surface area (TPSA) is 66.9 Å². The summed E-state index contributed by atoms with van der Waals surface area (Å²) in [6.45, 7) is 3.54. The summed E-state index contributed by atoms with van der Waals surface area (Å²) in [6.07, 6.45) is 7.66. The predicted molar refractivity (Wildman–Crippen MR) is 102 cm³/mol. The van der Waals surface area contributed by atoms with Crippen LogP contribution in [0.5, 0.6) is 0 Å². The largest absolute Gasteiger partial charge is 0.367 e. The van der Waals surface area contributed by atoms with Crippen LogP contribution < -0.4 is 10.6 Å². The highest BCUT2D eigenvalue weighted by Crippen LogP contribution is 2.22. The van der Waals surface area contributed by atoms with Gasteiger partial charge in [-0.2, -0.15) is 4.98 Å². The van der Waals surface area contributed by atoms with Gasteiger partial charge in [-0.05, 0) is 51.0 Å². The molecule has 0 spiro atoms. The summed E-state index contributed by atoms with van der Waals surface area (Å²) in [5.74, 6) is 1.52. The number of nitrogens with one attached hydrogen (secondary N) is 2. The highest BCUT2D eigenvalue weighted by Gasteiger charge is 2.13. The zero-order chi connectivity index (χ0) is 17.6. The molecule has 1 fully saturated rings. The molecular weight excluding hydrogens is 312 g/mol. The van der Waals surface area contributed by atoms with Crippen molar-refractivity contribution in [1.82, 2.24) is 9.97 Å². The van der Waals surface area contributed by atoms with Crippen LogP contribution in [0.1, 0.15) is 61.5 Å². The Hall–Kier alpha value is -2.43. The van der Waals surface area contributed by atoms with Crippen LogP contribution in [0.25, 0.3) is 0 Å². The first-order valence-corrected chi connectivity index (χ1v) is 9.10. The third kappa shape index (κ3) is 5.02. The summed E-state index contributed by atoms with van der Waals surface area (Å²) in [7, 11) is 0. The standard InChI is InChI=1S/C20H26N4O/c1-14-13-19(22-17-7-5-3-4-6-8-17)24-20(21-14)23-18-11-9-16(10-12-18)15(2)25/h9-13,17H,3-8H2,1-2H3,(H2,21,22,23,24). The second kappa shape index (κ2) is 8.10. The lowest BCUT2D eigenvalue weighted by molar-refractivity contribution is 0.101. The number of anilines is 3. The molecule has 1 heterocycles. The molecule has 1 aliphatic rings. The maximum Gasteiger partial charge on any atom is 0.229 e. The average Bonchev–Trinajstić information content (AvgIpc) is 2.83. The van der Waals surface area contributed by atoms with Gasteiger partial charge >= 0.3 is 0 Å². The van der Waals surface area contributed by atoms with Crippen molar-refractivity contribution in [3.8, 4) is 0 Å². The Bertz CT molecular complexity index is 719. The van der Waals surface area contributed by atoms with Gasteiger partial charge in [-0.3, -0.25) is 4.79 Å². The Kier molecular flexibility index (Phi) is 5.64. The summed E-state index contributed by atoms with van der Waals surface area (Å²) >= 11 is 0. The van der Waals surface area contributed by atoms with Crippen molar-refractivity contribution in [3.63, 3.8) is 0 Å². The first kappa shape index (κ1) is 17.4. The molecule has 0 atom stereocenters. The fourth-order valence-corrected chi connectivity index (χ4v) is 3.25. The van der Waals surface area contributed by atoms with Crippen molar-refractivity contribution in [2.24, 2.45) is 0 Å². The normalized spacial score (nSPS) is 15.4. The smallest absolute Gasteiger partial charge is 0.229 e. The van der Waals surface area contributed by atoms with Crippen LogP contribution in [0.4, 0.5) is 17.5 Å². The number of benzene rings is 1. The van der Waals surface area contributed by atoms with Gasteiger partial charge in [-0.25, -0.2) is 4.98 Å². The van der Waals surface area contributed by atoms with E-state index in [0.29, 0.717) is 17.6 Å². The molecule has 1 aromatic heterocycles. The monoisotopic (exact) mass is 338 g/mol. The molecule has 1 aliphatic carbocycles. The molecule has 132 valence electrons. The van der Waals surface area contributed by atoms with Crippen LogP contribution in [0, 0.1) is 6.92 Å². The Morgan fingerprint density at radius 1 is 1.04 bits per heavy atom. The minimum Gasteiger partial charge on any atom is -0.367 e. The molecule has 5 nitrogen and oxygen atoms in total. The Morgan fingerprint density at radius 3 is 2.36 bits per heavy atom. The van der Waals surface area contributed by atoms with Crippen LogP contribution in [-0.2, 0) is 0 Å². The number of nitrogens with zero attached hydrogens (tertiary/aromatic N) is 2. The van der Waals surface area contributed by atoms with E-state index in [1.54, 1.807) is 6.92 Å². The van der Waals surface area contributed by atoms with Crippen molar-refractivity contribution in [2.75, 3.05) is 10.6 Å². The van der Waals surface area contributed by atoms with Gasteiger partial charge in [0.15, 0.2) is 5.78 Å². The van der Waals surface area contributed by atoms with Gasteiger partial charge in [-0.1, -0.05) is 25.7 Å². The molecule has 25 heavy (non-hydrogen) atoms. The van der Waals surface area contributed by atoms with Crippen LogP contribution in [0.2, 0.25) is 0 Å². The fraction of sp³-hybridized carbons (Fsp3) is 0.450. The Labute approximate surface area is 149 Å². The van der Waals surface area contributed by atoms with Crippen LogP contribution >= 0.6 is 0 Å². The van der Waals surface area contributed by atoms with E-state index >= 15 is 0 Å². The van der Waals surface area contributed by atoms with Crippen molar-refractivity contribution in [3.05, 3.63) is 41.6 Å². The maximum absolute atomic E-state index is 11.4. The van der Waals surface area contributed by atoms with Crippen LogP contribution in [-0.4, -0.2) is 21.8 Å². The maximum atomic E-state index is 11.4. The van der Waals surface area contributed by atoms with Gasteiger partial charge in [0.05, 0.1) is 0 Å². The molecule has 2 aromatic rings. The molecule has 5 heteroatoms. The van der Waals surface area contributed by atoms with E-state index in [9.17, 15) is 4.79 Å². The number of carbonyl (C=O) groups is 1. The van der Waals surface area contributed by atoms with Crippen molar-refractivity contribution < 1.29 is 4.79 Å². The third-order valence-electron chi connectivity index (χ3n) is 4.61. The number of rotatable bonds is 5. The van der Waals surface area contributed by atoms with E-state index in [1.807, 2.05) is 37.3 Å². The quantitative estimate of drug-likeness (QED) is 0.601. The second-order valence-corrected chi connectivity index (χ2v) is 6.81. The highest BCUT2D eigenvalue weighted by atomic mass is 16.1. The molecule has 0 aliphatic heterocycles. The van der Waals surface area contributed by atoms with Crippen LogP contribution in [0.15, 0.2) is 30.3 Å². The van der Waals surface area contributed by atoms with E-state index in [1.165, 1.54) is 38.5 Å². The summed E-state index contributed by atoms with van der Waals surface area (Å²) in [4.78, 5) is 20.4. The summed E-state index contributed by atoms with van der Waals surface area (Å²) in [5, 5.41) is 6.80. The van der Waals surface area contributed by atoms with Gasteiger partial charge in [0, 0.05) is 29.1 Å². The van der Waals surface area contributed by atoms with E-state index in [0.717, 1.165) is 17.2 Å². The Balaban J connectivity index is 1.71. The minimum atomic E-state index is 0.0632. The molecule has 1 saturated carbocycles. The zero-order valence-electron chi connectivity index (χ0n) is 15.0. The Morgan fingerprint density at radius 2 is 1.72 bits per heavy atom. The first-order chi connectivity index (χ1) is 12.1. The lowest BCUT2D eigenvalue weighted by Gasteiger charge is -2.17. The third-order valence-corrected chi connectivity index (χ3v) is 4.61. The predicted octanol–water partition coefficient (Wildman–Crippen LogP) is 4.87. The lowest BCUT2D eigenvalue weighted by Crippen LogP contribution is -2.19. The van der Waals surface area contributed by atoms with Gasteiger partial charge in [-0.15, -0.1) is 0 Å². The highest BCUT2D eigenvalue weighted by molar-refractivity contribution is 5.94. The summed E-state index contributed by atoms with van der Waals surface area (Å²) in [6, 6.07) is 9.87. The van der Waals surface area contributed by atoms with Gasteiger partial charge < -0.3 is 10.6 Å². The molecule has 0 bridgehead atoms. The molecule has 3 rings (SSSR count). The van der Waals surface area contributed by atoms with Gasteiger partial charge in [0.2, 0.25) is 5.95 Å². The SMILES string of the molecule is CC(=O)c1ccc(Nc2nc(C)cc(NC3CCCCCC3)n2)cc1. The summed E-state index contributed by atoms with van der Waals surface area (Å²) in [5.41, 5.74) is 2.50. The van der Waals surface area contributed by atoms with Gasteiger partial charge in [0.25, 0.3) is 0 Å². The molecule has 0 radical (unpaired) electrons. The number of aromatic nitrogens is 2. The molecule has 0 amide bonds. The van der Waals surface area contributed by atoms with Crippen molar-refractivity contribution >= 4 is 23.2 Å². The average molecular weight is 338 g/mol. The van der Waals surface area contributed by atoms with Crippen LogP contribution in [0.3, 0.4) is 0 Å². The number of hydrogen-bond donors (Lipinski definition) is 2. The molecular formula is C20H26N4O. The molecule has 1 aromatic carbocycles. The first-order valence-electron chi connectivity index (χ1n) is 9.10. The fourth-order valence-electron chi connectivity index (χ4n) is 3.25. The van der Waals surface area contributed by atoms with E-state index in [2.05, 4.69) is 20.6 Å². The lowest BCUT2D eigenvalue weighted by atomic mass is 10.1. The molecule has 2 N–H and O–H groups in total. The minimum absolute atomic E-state index is 0.0632. The second-order valence-electron chi connectivity index (χ2n) is 6.81. The molecule has 0 saturated heterocycles. The number of hydrogen-bond acceptors (Lipinski definition) is 5. The number of carbonyl (C=O) groups excluding carboxylic acids is 1. The van der Waals surface area contributed by atoms with Crippen molar-refractivity contribution in [1.29, 1.82) is 0 Å². The number of Topliss-reactive ketones (excluding diaryl/α,β-unsaturated/α-hetero) is 1. The van der Waals surface area contributed by atoms with E-state index in [-0.39, 0.29) is 5.78 Å². The van der Waals surface area contributed by atoms with Crippen molar-refractivity contribution in [2.45, 2.75) is 58.4 Å². The molecule has 0 unspecified atom stereocenters.